The molecule has 10 N–H and O–H groups in total. The third kappa shape index (κ3) is 9.91. The molecule has 216 valence electrons. The Balaban J connectivity index is 2.25. The maximum absolute atomic E-state index is 13.3. The molecule has 2 aromatic carbocycles. The van der Waals surface area contributed by atoms with Gasteiger partial charge in [-0.05, 0) is 47.7 Å². The van der Waals surface area contributed by atoms with Gasteiger partial charge in [0, 0.05) is 6.42 Å². The molecule has 0 aliphatic rings. The molecule has 2 rings (SSSR count). The molecule has 0 fully saturated rings. The average Bonchev–Trinajstić information content (AvgIpc) is 2.88. The van der Waals surface area contributed by atoms with Crippen LogP contribution >= 0.6 is 0 Å². The summed E-state index contributed by atoms with van der Waals surface area (Å²) < 4.78 is 0. The normalized spacial score (nSPS) is 13.9. The predicted octanol–water partition coefficient (Wildman–Crippen LogP) is -0.719. The van der Waals surface area contributed by atoms with Gasteiger partial charge < -0.3 is 42.7 Å². The van der Waals surface area contributed by atoms with E-state index < -0.39 is 66.1 Å². The number of carbonyl (C=O) groups is 5. The number of phenols is 2. The van der Waals surface area contributed by atoms with Gasteiger partial charge in [0.1, 0.15) is 29.6 Å². The summed E-state index contributed by atoms with van der Waals surface area (Å²) in [7, 11) is 0. The molecular weight excluding hydrogens is 522 g/mol. The van der Waals surface area contributed by atoms with Crippen LogP contribution in [0.25, 0.3) is 0 Å². The Morgan fingerprint density at radius 3 is 1.62 bits per heavy atom. The van der Waals surface area contributed by atoms with Crippen LogP contribution in [-0.4, -0.2) is 69.1 Å². The Morgan fingerprint density at radius 1 is 0.725 bits per heavy atom. The molecule has 2 aromatic rings. The Labute approximate surface area is 230 Å². The second kappa shape index (κ2) is 14.5. The number of hydrogen-bond donors (Lipinski definition) is 8. The Morgan fingerprint density at radius 2 is 1.18 bits per heavy atom. The minimum Gasteiger partial charge on any atom is -0.508 e. The average molecular weight is 558 g/mol. The summed E-state index contributed by atoms with van der Waals surface area (Å²) in [5.41, 5.74) is 12.5. The molecule has 0 aliphatic carbocycles. The fourth-order valence-corrected chi connectivity index (χ4v) is 3.78. The number of phenolic OH excluding ortho intramolecular Hbond substituents is 2. The lowest BCUT2D eigenvalue weighted by Gasteiger charge is -2.25. The van der Waals surface area contributed by atoms with Crippen LogP contribution in [-0.2, 0) is 36.8 Å². The van der Waals surface area contributed by atoms with E-state index in [1.54, 1.807) is 26.0 Å². The van der Waals surface area contributed by atoms with Crippen LogP contribution in [0.1, 0.15) is 31.4 Å². The highest BCUT2D eigenvalue weighted by atomic mass is 16.4. The van der Waals surface area contributed by atoms with Gasteiger partial charge in [-0.3, -0.25) is 19.2 Å². The number of nitrogens with two attached hydrogens (primary N) is 2. The van der Waals surface area contributed by atoms with E-state index in [1.165, 1.54) is 36.4 Å². The number of nitrogens with one attached hydrogen (secondary N) is 3. The van der Waals surface area contributed by atoms with Gasteiger partial charge in [0.2, 0.25) is 23.6 Å². The van der Waals surface area contributed by atoms with Gasteiger partial charge in [0.15, 0.2) is 0 Å². The molecule has 0 saturated carbocycles. The van der Waals surface area contributed by atoms with Crippen LogP contribution in [0.3, 0.4) is 0 Å². The number of aromatic hydroxyl groups is 2. The van der Waals surface area contributed by atoms with E-state index in [9.17, 15) is 39.3 Å². The molecule has 0 aliphatic heterocycles. The number of amides is 4. The smallest absolute Gasteiger partial charge is 0.326 e. The van der Waals surface area contributed by atoms with Crippen LogP contribution in [0.4, 0.5) is 0 Å². The maximum atomic E-state index is 13.3. The van der Waals surface area contributed by atoms with E-state index in [0.717, 1.165) is 0 Å². The summed E-state index contributed by atoms with van der Waals surface area (Å²) in [5.74, 6) is -5.16. The molecule has 13 heteroatoms. The third-order valence-electron chi connectivity index (χ3n) is 6.01. The zero-order valence-electron chi connectivity index (χ0n) is 22.2. The summed E-state index contributed by atoms with van der Waals surface area (Å²) in [5, 5.41) is 35.7. The van der Waals surface area contributed by atoms with Crippen molar-refractivity contribution in [3.8, 4) is 11.5 Å². The number of aliphatic carboxylic acids is 1. The summed E-state index contributed by atoms with van der Waals surface area (Å²) in [6.45, 7) is 3.15. The monoisotopic (exact) mass is 557 g/mol. The molecule has 0 aromatic heterocycles. The highest BCUT2D eigenvalue weighted by molar-refractivity contribution is 5.96. The predicted molar refractivity (Wildman–Crippen MR) is 144 cm³/mol. The van der Waals surface area contributed by atoms with Gasteiger partial charge in [-0.2, -0.15) is 0 Å². The van der Waals surface area contributed by atoms with E-state index in [0.29, 0.717) is 11.1 Å². The Kier molecular flexibility index (Phi) is 11.4. The van der Waals surface area contributed by atoms with Crippen molar-refractivity contribution in [1.82, 2.24) is 16.0 Å². The highest BCUT2D eigenvalue weighted by Gasteiger charge is 2.32. The molecule has 0 bridgehead atoms. The number of rotatable bonds is 14. The van der Waals surface area contributed by atoms with Gasteiger partial charge in [-0.15, -0.1) is 0 Å². The van der Waals surface area contributed by atoms with Gasteiger partial charge in [-0.1, -0.05) is 38.1 Å². The van der Waals surface area contributed by atoms with Gasteiger partial charge >= 0.3 is 5.97 Å². The fraction of sp³-hybridized carbons (Fsp3) is 0.370. The number of primary amides is 1. The lowest BCUT2D eigenvalue weighted by molar-refractivity contribution is -0.143. The zero-order valence-corrected chi connectivity index (χ0v) is 22.2. The Bertz CT molecular complexity index is 1200. The SMILES string of the molecule is CC(C)C(NC(=O)C(CC(N)=O)NC(=O)C(Cc1ccc(O)cc1)NC(=O)C(N)Cc1ccc(O)cc1)C(=O)O. The molecular formula is C27H35N5O8. The molecule has 0 saturated heterocycles. The van der Waals surface area contributed by atoms with Crippen molar-refractivity contribution in [3.63, 3.8) is 0 Å². The van der Waals surface area contributed by atoms with Gasteiger partial charge in [0.05, 0.1) is 12.5 Å². The first-order valence-corrected chi connectivity index (χ1v) is 12.5. The van der Waals surface area contributed by atoms with Crippen LogP contribution in [0.15, 0.2) is 48.5 Å². The number of carboxylic acid groups (broad SMARTS) is 1. The molecule has 0 heterocycles. The summed E-state index contributed by atoms with van der Waals surface area (Å²) in [4.78, 5) is 62.3. The van der Waals surface area contributed by atoms with Crippen molar-refractivity contribution in [2.45, 2.75) is 57.3 Å². The first-order valence-electron chi connectivity index (χ1n) is 12.5. The van der Waals surface area contributed by atoms with Crippen molar-refractivity contribution in [3.05, 3.63) is 59.7 Å². The fourth-order valence-electron chi connectivity index (χ4n) is 3.78. The van der Waals surface area contributed by atoms with Crippen LogP contribution in [0.2, 0.25) is 0 Å². The minimum absolute atomic E-state index is 0.0129. The molecule has 40 heavy (non-hydrogen) atoms. The second-order valence-electron chi connectivity index (χ2n) is 9.71. The van der Waals surface area contributed by atoms with E-state index in [1.807, 2.05) is 0 Å². The zero-order chi connectivity index (χ0) is 30.0. The van der Waals surface area contributed by atoms with Crippen molar-refractivity contribution in [1.29, 1.82) is 0 Å². The van der Waals surface area contributed by atoms with Crippen LogP contribution in [0, 0.1) is 5.92 Å². The van der Waals surface area contributed by atoms with Gasteiger partial charge in [-0.25, -0.2) is 4.79 Å². The van der Waals surface area contributed by atoms with Crippen molar-refractivity contribution in [2.24, 2.45) is 17.4 Å². The molecule has 13 nitrogen and oxygen atoms in total. The van der Waals surface area contributed by atoms with Crippen molar-refractivity contribution in [2.75, 3.05) is 0 Å². The summed E-state index contributed by atoms with van der Waals surface area (Å²) in [6, 6.07) is 6.78. The molecule has 4 unspecified atom stereocenters. The maximum Gasteiger partial charge on any atom is 0.326 e. The summed E-state index contributed by atoms with van der Waals surface area (Å²) >= 11 is 0. The molecule has 4 atom stereocenters. The molecule has 4 amide bonds. The minimum atomic E-state index is -1.52. The topological polar surface area (TPSA) is 234 Å². The number of carbonyl (C=O) groups excluding carboxylic acids is 4. The second-order valence-corrected chi connectivity index (χ2v) is 9.71. The Hall–Kier alpha value is -4.65. The lowest BCUT2D eigenvalue weighted by Crippen LogP contribution is -2.58. The van der Waals surface area contributed by atoms with Gasteiger partial charge in [0.25, 0.3) is 0 Å². The standard InChI is InChI=1S/C27H35N5O8/c1-14(2)23(27(39)40)32-26(38)21(13-22(29)35)31-25(37)20(12-16-5-9-18(34)10-6-16)30-24(36)19(28)11-15-3-7-17(33)8-4-15/h3-10,14,19-21,23,33-34H,11-13,28H2,1-2H3,(H2,29,35)(H,30,36)(H,31,37)(H,32,38)(H,39,40). The molecule has 0 radical (unpaired) electrons. The number of carboxylic acids is 1. The number of benzene rings is 2. The summed E-state index contributed by atoms with van der Waals surface area (Å²) in [6.07, 6.45) is -0.598. The van der Waals surface area contributed by atoms with E-state index in [2.05, 4.69) is 16.0 Å². The van der Waals surface area contributed by atoms with E-state index in [4.69, 9.17) is 11.5 Å². The highest BCUT2D eigenvalue weighted by Crippen LogP contribution is 2.13. The van der Waals surface area contributed by atoms with Crippen LogP contribution in [0.5, 0.6) is 11.5 Å². The quantitative estimate of drug-likeness (QED) is 0.146. The third-order valence-corrected chi connectivity index (χ3v) is 6.01. The van der Waals surface area contributed by atoms with Crippen LogP contribution < -0.4 is 27.4 Å². The lowest BCUT2D eigenvalue weighted by atomic mass is 10.0. The molecule has 0 spiro atoms. The van der Waals surface area contributed by atoms with E-state index >= 15 is 0 Å². The van der Waals surface area contributed by atoms with E-state index in [-0.39, 0.29) is 24.3 Å². The first kappa shape index (κ1) is 31.6. The first-order chi connectivity index (χ1) is 18.8. The largest absolute Gasteiger partial charge is 0.508 e. The van der Waals surface area contributed by atoms with Crippen molar-refractivity contribution >= 4 is 29.6 Å². The number of hydrogen-bond acceptors (Lipinski definition) is 8. The van der Waals surface area contributed by atoms with Crippen molar-refractivity contribution < 1.29 is 39.3 Å².